The second-order valence-electron chi connectivity index (χ2n) is 4.22. The molecule has 3 heteroatoms. The summed E-state index contributed by atoms with van der Waals surface area (Å²) in [6.07, 6.45) is 2.82. The monoisotopic (exact) mass is 209 g/mol. The average molecular weight is 209 g/mol. The Balaban J connectivity index is 2.55. The Kier molecular flexibility index (Phi) is 4.56. The SMILES string of the molecule is CC(C)CC(C)Oc1cc(CO)ccn1. The van der Waals surface area contributed by atoms with E-state index in [2.05, 4.69) is 18.8 Å². The van der Waals surface area contributed by atoms with Crippen LogP contribution in [0.1, 0.15) is 32.8 Å². The lowest BCUT2D eigenvalue weighted by Crippen LogP contribution is -2.15. The molecule has 0 amide bonds. The molecule has 1 heterocycles. The molecular weight excluding hydrogens is 190 g/mol. The van der Waals surface area contributed by atoms with Crippen LogP contribution in [0.5, 0.6) is 5.88 Å². The van der Waals surface area contributed by atoms with Crippen LogP contribution in [0.4, 0.5) is 0 Å². The maximum atomic E-state index is 8.96. The topological polar surface area (TPSA) is 42.4 Å². The molecule has 0 fully saturated rings. The van der Waals surface area contributed by atoms with Crippen LogP contribution >= 0.6 is 0 Å². The van der Waals surface area contributed by atoms with Gasteiger partial charge in [-0.25, -0.2) is 4.98 Å². The van der Waals surface area contributed by atoms with Crippen LogP contribution in [0, 0.1) is 5.92 Å². The van der Waals surface area contributed by atoms with Crippen molar-refractivity contribution >= 4 is 0 Å². The summed E-state index contributed by atoms with van der Waals surface area (Å²) in [7, 11) is 0. The lowest BCUT2D eigenvalue weighted by Gasteiger charge is -2.15. The molecule has 0 saturated carbocycles. The molecule has 0 aromatic carbocycles. The van der Waals surface area contributed by atoms with Crippen molar-refractivity contribution in [2.75, 3.05) is 0 Å². The third-order valence-corrected chi connectivity index (χ3v) is 2.11. The van der Waals surface area contributed by atoms with E-state index in [0.717, 1.165) is 12.0 Å². The van der Waals surface area contributed by atoms with E-state index in [-0.39, 0.29) is 12.7 Å². The summed E-state index contributed by atoms with van der Waals surface area (Å²) < 4.78 is 5.65. The summed E-state index contributed by atoms with van der Waals surface area (Å²) in [4.78, 5) is 4.10. The van der Waals surface area contributed by atoms with Gasteiger partial charge in [0.15, 0.2) is 0 Å². The zero-order valence-corrected chi connectivity index (χ0v) is 9.60. The molecule has 1 N–H and O–H groups in total. The van der Waals surface area contributed by atoms with Gasteiger partial charge in [0, 0.05) is 12.3 Å². The molecule has 1 aromatic rings. The minimum absolute atomic E-state index is 0.0252. The van der Waals surface area contributed by atoms with E-state index < -0.39 is 0 Å². The summed E-state index contributed by atoms with van der Waals surface area (Å²) in [5.41, 5.74) is 0.830. The van der Waals surface area contributed by atoms with Gasteiger partial charge in [0.1, 0.15) is 0 Å². The Morgan fingerprint density at radius 1 is 1.40 bits per heavy atom. The molecule has 0 radical (unpaired) electrons. The second-order valence-corrected chi connectivity index (χ2v) is 4.22. The van der Waals surface area contributed by atoms with Gasteiger partial charge in [-0.3, -0.25) is 0 Å². The summed E-state index contributed by atoms with van der Waals surface area (Å²) in [5.74, 6) is 1.20. The molecule has 0 aliphatic carbocycles. The third kappa shape index (κ3) is 4.30. The maximum Gasteiger partial charge on any atom is 0.213 e. The molecule has 0 saturated heterocycles. The highest BCUT2D eigenvalue weighted by Crippen LogP contribution is 2.14. The molecule has 1 aromatic heterocycles. The number of rotatable bonds is 5. The van der Waals surface area contributed by atoms with Gasteiger partial charge in [0.05, 0.1) is 12.7 Å². The predicted octanol–water partition coefficient (Wildman–Crippen LogP) is 2.39. The van der Waals surface area contributed by atoms with Gasteiger partial charge < -0.3 is 9.84 Å². The number of pyridine rings is 1. The molecule has 1 unspecified atom stereocenters. The highest BCUT2D eigenvalue weighted by Gasteiger charge is 2.07. The van der Waals surface area contributed by atoms with Crippen LogP contribution in [0.15, 0.2) is 18.3 Å². The smallest absolute Gasteiger partial charge is 0.213 e. The van der Waals surface area contributed by atoms with E-state index >= 15 is 0 Å². The Morgan fingerprint density at radius 2 is 2.13 bits per heavy atom. The fourth-order valence-corrected chi connectivity index (χ4v) is 1.53. The Hall–Kier alpha value is -1.09. The van der Waals surface area contributed by atoms with Crippen molar-refractivity contribution in [3.05, 3.63) is 23.9 Å². The Labute approximate surface area is 91.1 Å². The molecule has 15 heavy (non-hydrogen) atoms. The normalized spacial score (nSPS) is 12.9. The van der Waals surface area contributed by atoms with Crippen molar-refractivity contribution in [1.29, 1.82) is 0 Å². The predicted molar refractivity (Wildman–Crippen MR) is 59.7 cm³/mol. The van der Waals surface area contributed by atoms with Crippen molar-refractivity contribution in [2.24, 2.45) is 5.92 Å². The van der Waals surface area contributed by atoms with Crippen LogP contribution in [-0.4, -0.2) is 16.2 Å². The van der Waals surface area contributed by atoms with Crippen molar-refractivity contribution in [2.45, 2.75) is 39.9 Å². The molecule has 0 bridgehead atoms. The number of aliphatic hydroxyl groups is 1. The fraction of sp³-hybridized carbons (Fsp3) is 0.583. The molecule has 0 aliphatic rings. The number of hydrogen-bond acceptors (Lipinski definition) is 3. The van der Waals surface area contributed by atoms with Gasteiger partial charge in [-0.1, -0.05) is 13.8 Å². The molecular formula is C12H19NO2. The highest BCUT2D eigenvalue weighted by atomic mass is 16.5. The molecule has 1 rings (SSSR count). The van der Waals surface area contributed by atoms with Crippen molar-refractivity contribution < 1.29 is 9.84 Å². The Morgan fingerprint density at radius 3 is 2.73 bits per heavy atom. The summed E-state index contributed by atoms with van der Waals surface area (Å²) >= 11 is 0. The third-order valence-electron chi connectivity index (χ3n) is 2.11. The van der Waals surface area contributed by atoms with E-state index in [1.165, 1.54) is 0 Å². The molecule has 3 nitrogen and oxygen atoms in total. The number of aliphatic hydroxyl groups excluding tert-OH is 1. The zero-order chi connectivity index (χ0) is 11.3. The van der Waals surface area contributed by atoms with E-state index in [4.69, 9.17) is 9.84 Å². The van der Waals surface area contributed by atoms with Crippen molar-refractivity contribution in [3.63, 3.8) is 0 Å². The molecule has 0 aliphatic heterocycles. The first-order valence-corrected chi connectivity index (χ1v) is 5.34. The highest BCUT2D eigenvalue weighted by molar-refractivity contribution is 5.19. The first-order chi connectivity index (χ1) is 7.11. The number of aromatic nitrogens is 1. The zero-order valence-electron chi connectivity index (χ0n) is 9.60. The molecule has 1 atom stereocenters. The van der Waals surface area contributed by atoms with Gasteiger partial charge in [0.25, 0.3) is 0 Å². The van der Waals surface area contributed by atoms with Crippen LogP contribution < -0.4 is 4.74 Å². The summed E-state index contributed by atoms with van der Waals surface area (Å²) in [6, 6.07) is 3.55. The van der Waals surface area contributed by atoms with Gasteiger partial charge in [-0.15, -0.1) is 0 Å². The van der Waals surface area contributed by atoms with Crippen LogP contribution in [-0.2, 0) is 6.61 Å². The second kappa shape index (κ2) is 5.71. The quantitative estimate of drug-likeness (QED) is 0.809. The first kappa shape index (κ1) is 12.0. The summed E-state index contributed by atoms with van der Waals surface area (Å²) in [5, 5.41) is 8.96. The van der Waals surface area contributed by atoms with Gasteiger partial charge >= 0.3 is 0 Å². The van der Waals surface area contributed by atoms with Gasteiger partial charge in [-0.2, -0.15) is 0 Å². The fourth-order valence-electron chi connectivity index (χ4n) is 1.53. The maximum absolute atomic E-state index is 8.96. The number of nitrogens with zero attached hydrogens (tertiary/aromatic N) is 1. The number of ether oxygens (including phenoxy) is 1. The van der Waals surface area contributed by atoms with E-state index in [0.29, 0.717) is 11.8 Å². The van der Waals surface area contributed by atoms with Crippen LogP contribution in [0.2, 0.25) is 0 Å². The standard InChI is InChI=1S/C12H19NO2/c1-9(2)6-10(3)15-12-7-11(8-14)4-5-13-12/h4-5,7,9-10,14H,6,8H2,1-3H3. The van der Waals surface area contributed by atoms with E-state index in [1.807, 2.05) is 6.92 Å². The van der Waals surface area contributed by atoms with E-state index in [9.17, 15) is 0 Å². The molecule has 0 spiro atoms. The lowest BCUT2D eigenvalue weighted by molar-refractivity contribution is 0.185. The average Bonchev–Trinajstić information content (AvgIpc) is 2.16. The minimum Gasteiger partial charge on any atom is -0.475 e. The van der Waals surface area contributed by atoms with Crippen LogP contribution in [0.25, 0.3) is 0 Å². The van der Waals surface area contributed by atoms with Crippen LogP contribution in [0.3, 0.4) is 0 Å². The van der Waals surface area contributed by atoms with E-state index in [1.54, 1.807) is 18.3 Å². The van der Waals surface area contributed by atoms with Gasteiger partial charge in [0.2, 0.25) is 5.88 Å². The van der Waals surface area contributed by atoms with Crippen molar-refractivity contribution in [1.82, 2.24) is 4.98 Å². The largest absolute Gasteiger partial charge is 0.475 e. The van der Waals surface area contributed by atoms with Gasteiger partial charge in [-0.05, 0) is 30.9 Å². The molecule has 84 valence electrons. The minimum atomic E-state index is 0.0252. The first-order valence-electron chi connectivity index (χ1n) is 5.34. The summed E-state index contributed by atoms with van der Waals surface area (Å²) in [6.45, 7) is 6.39. The Bertz CT molecular complexity index is 299. The van der Waals surface area contributed by atoms with Crippen molar-refractivity contribution in [3.8, 4) is 5.88 Å². The lowest BCUT2D eigenvalue weighted by atomic mass is 10.1. The number of hydrogen-bond donors (Lipinski definition) is 1.